The number of imidazole rings is 1. The minimum absolute atomic E-state index is 0.147. The van der Waals surface area contributed by atoms with E-state index in [0.717, 1.165) is 6.26 Å². The molecular formula is C13H10N2O4S2. The molecule has 1 aromatic carbocycles. The van der Waals surface area contributed by atoms with E-state index < -0.39 is 9.84 Å². The van der Waals surface area contributed by atoms with E-state index >= 15 is 0 Å². The molecule has 0 bridgehead atoms. The Labute approximate surface area is 124 Å². The number of carbonyl (C=O) groups excluding carboxylic acids is 1. The van der Waals surface area contributed by atoms with E-state index in [-0.39, 0.29) is 16.5 Å². The molecule has 2 aromatic heterocycles. The van der Waals surface area contributed by atoms with Crippen LogP contribution < -0.4 is 4.74 Å². The Bertz CT molecular complexity index is 925. The first-order valence-electron chi connectivity index (χ1n) is 5.88. The number of aromatic nitrogens is 2. The maximum atomic E-state index is 11.5. The molecule has 0 saturated carbocycles. The summed E-state index contributed by atoms with van der Waals surface area (Å²) in [4.78, 5) is 16.2. The van der Waals surface area contributed by atoms with Crippen LogP contribution in [0.25, 0.3) is 4.96 Å². The summed E-state index contributed by atoms with van der Waals surface area (Å²) in [5, 5.41) is 1.81. The molecule has 0 spiro atoms. The first-order chi connectivity index (χ1) is 9.99. The molecule has 0 N–H and O–H groups in total. The Morgan fingerprint density at radius 3 is 2.90 bits per heavy atom. The fourth-order valence-electron chi connectivity index (χ4n) is 1.85. The predicted molar refractivity (Wildman–Crippen MR) is 78.1 cm³/mol. The normalized spacial score (nSPS) is 11.7. The first kappa shape index (κ1) is 13.8. The van der Waals surface area contributed by atoms with E-state index in [1.165, 1.54) is 23.5 Å². The van der Waals surface area contributed by atoms with Crippen molar-refractivity contribution in [3.05, 3.63) is 41.5 Å². The molecule has 3 aromatic rings. The Balaban J connectivity index is 2.02. The highest BCUT2D eigenvalue weighted by molar-refractivity contribution is 7.90. The van der Waals surface area contributed by atoms with Crippen molar-refractivity contribution in [1.29, 1.82) is 0 Å². The smallest absolute Gasteiger partial charge is 0.250 e. The molecule has 2 heterocycles. The van der Waals surface area contributed by atoms with Crippen molar-refractivity contribution < 1.29 is 17.9 Å². The molecule has 8 heteroatoms. The topological polar surface area (TPSA) is 77.7 Å². The van der Waals surface area contributed by atoms with Crippen LogP contribution in [0, 0.1) is 0 Å². The van der Waals surface area contributed by atoms with E-state index in [4.69, 9.17) is 4.74 Å². The van der Waals surface area contributed by atoms with Crippen LogP contribution in [0.4, 0.5) is 0 Å². The lowest BCUT2D eigenvalue weighted by atomic mass is 10.3. The van der Waals surface area contributed by atoms with Gasteiger partial charge in [0, 0.05) is 17.8 Å². The Morgan fingerprint density at radius 1 is 1.38 bits per heavy atom. The van der Waals surface area contributed by atoms with Gasteiger partial charge in [-0.3, -0.25) is 9.20 Å². The summed E-state index contributed by atoms with van der Waals surface area (Å²) < 4.78 is 30.2. The van der Waals surface area contributed by atoms with E-state index in [0.29, 0.717) is 17.0 Å². The van der Waals surface area contributed by atoms with Crippen molar-refractivity contribution in [3.63, 3.8) is 0 Å². The fourth-order valence-corrected chi connectivity index (χ4v) is 3.21. The fraction of sp³-hybridized carbons (Fsp3) is 0.0769. The van der Waals surface area contributed by atoms with Crippen LogP contribution in [0.15, 0.2) is 40.7 Å². The summed E-state index contributed by atoms with van der Waals surface area (Å²) >= 11 is 1.37. The maximum absolute atomic E-state index is 11.5. The van der Waals surface area contributed by atoms with Crippen molar-refractivity contribution in [2.24, 2.45) is 0 Å². The highest BCUT2D eigenvalue weighted by atomic mass is 32.2. The third-order valence-corrected chi connectivity index (χ3v) is 4.69. The number of carbonyl (C=O) groups is 1. The molecule has 0 unspecified atom stereocenters. The summed E-state index contributed by atoms with van der Waals surface area (Å²) in [5.74, 6) is 0.467. The van der Waals surface area contributed by atoms with E-state index in [9.17, 15) is 13.2 Å². The number of thiazole rings is 1. The molecule has 108 valence electrons. The lowest BCUT2D eigenvalue weighted by Gasteiger charge is -2.05. The van der Waals surface area contributed by atoms with Gasteiger partial charge in [-0.15, -0.1) is 11.3 Å². The monoisotopic (exact) mass is 322 g/mol. The van der Waals surface area contributed by atoms with Crippen LogP contribution in [0.2, 0.25) is 0 Å². The summed E-state index contributed by atoms with van der Waals surface area (Å²) in [6, 6.07) is 6.06. The number of fused-ring (bicyclic) bond motifs is 1. The number of benzene rings is 1. The molecule has 6 nitrogen and oxygen atoms in total. The van der Waals surface area contributed by atoms with Gasteiger partial charge >= 0.3 is 0 Å². The quantitative estimate of drug-likeness (QED) is 0.689. The Kier molecular flexibility index (Phi) is 3.26. The second-order valence-corrected chi connectivity index (χ2v) is 7.21. The average Bonchev–Trinajstić information content (AvgIpc) is 2.98. The van der Waals surface area contributed by atoms with Crippen molar-refractivity contribution in [2.45, 2.75) is 4.90 Å². The zero-order valence-corrected chi connectivity index (χ0v) is 12.5. The second-order valence-electron chi connectivity index (χ2n) is 4.32. The molecular weight excluding hydrogens is 312 g/mol. The summed E-state index contributed by atoms with van der Waals surface area (Å²) in [6.45, 7) is 0. The summed E-state index contributed by atoms with van der Waals surface area (Å²) in [6.07, 6.45) is 3.49. The molecule has 0 aliphatic rings. The molecule has 0 radical (unpaired) electrons. The Hall–Kier alpha value is -2.19. The van der Waals surface area contributed by atoms with Gasteiger partial charge in [0.05, 0.1) is 4.90 Å². The van der Waals surface area contributed by atoms with Crippen molar-refractivity contribution >= 4 is 32.4 Å². The number of nitrogens with zero attached hydrogens (tertiary/aromatic N) is 2. The number of hydrogen-bond donors (Lipinski definition) is 0. The number of sulfone groups is 1. The largest absolute Gasteiger partial charge is 0.437 e. The van der Waals surface area contributed by atoms with Gasteiger partial charge in [-0.05, 0) is 18.2 Å². The SMILES string of the molecule is CS(=O)(=O)c1cccc(Oc2nc3sccn3c2C=O)c1. The average molecular weight is 322 g/mol. The molecule has 3 rings (SSSR count). The Morgan fingerprint density at radius 2 is 2.19 bits per heavy atom. The third-order valence-electron chi connectivity index (χ3n) is 2.83. The van der Waals surface area contributed by atoms with E-state index in [1.54, 1.807) is 22.7 Å². The van der Waals surface area contributed by atoms with Gasteiger partial charge in [0.2, 0.25) is 5.88 Å². The van der Waals surface area contributed by atoms with E-state index in [1.807, 2.05) is 5.38 Å². The first-order valence-corrected chi connectivity index (χ1v) is 8.65. The predicted octanol–water partition coefficient (Wildman–Crippen LogP) is 2.40. The highest BCUT2D eigenvalue weighted by Gasteiger charge is 2.15. The van der Waals surface area contributed by atoms with Gasteiger partial charge in [-0.2, -0.15) is 4.98 Å². The van der Waals surface area contributed by atoms with Crippen LogP contribution in [0.3, 0.4) is 0 Å². The van der Waals surface area contributed by atoms with Gasteiger partial charge in [0.25, 0.3) is 0 Å². The standard InChI is InChI=1S/C13H10N2O4S2/c1-21(17,18)10-4-2-3-9(7-10)19-12-11(8-16)15-5-6-20-13(15)14-12/h2-8H,1H3. The number of aldehydes is 1. The molecule has 0 fully saturated rings. The highest BCUT2D eigenvalue weighted by Crippen LogP contribution is 2.28. The van der Waals surface area contributed by atoms with Gasteiger partial charge in [-0.1, -0.05) is 6.07 Å². The van der Waals surface area contributed by atoms with Crippen molar-refractivity contribution in [2.75, 3.05) is 6.26 Å². The zero-order valence-electron chi connectivity index (χ0n) is 10.9. The maximum Gasteiger partial charge on any atom is 0.250 e. The minimum atomic E-state index is -3.32. The minimum Gasteiger partial charge on any atom is -0.437 e. The van der Waals surface area contributed by atoms with Gasteiger partial charge in [-0.25, -0.2) is 8.42 Å². The van der Waals surface area contributed by atoms with Crippen LogP contribution in [-0.2, 0) is 9.84 Å². The van der Waals surface area contributed by atoms with Gasteiger partial charge < -0.3 is 4.74 Å². The van der Waals surface area contributed by atoms with Crippen LogP contribution in [0.5, 0.6) is 11.6 Å². The molecule has 0 atom stereocenters. The molecule has 21 heavy (non-hydrogen) atoms. The molecule has 0 saturated heterocycles. The van der Waals surface area contributed by atoms with Gasteiger partial charge in [0.1, 0.15) is 5.75 Å². The molecule has 0 aliphatic carbocycles. The third kappa shape index (κ3) is 2.55. The van der Waals surface area contributed by atoms with Crippen LogP contribution in [0.1, 0.15) is 10.5 Å². The lowest BCUT2D eigenvalue weighted by Crippen LogP contribution is -1.97. The molecule has 0 aliphatic heterocycles. The summed E-state index contributed by atoms with van der Waals surface area (Å²) in [7, 11) is -3.32. The second kappa shape index (κ2) is 4.97. The number of ether oxygens (including phenoxy) is 1. The number of hydrogen-bond acceptors (Lipinski definition) is 6. The number of rotatable bonds is 4. The summed E-state index contributed by atoms with van der Waals surface area (Å²) in [5.41, 5.74) is 0.288. The van der Waals surface area contributed by atoms with Crippen molar-refractivity contribution in [3.8, 4) is 11.6 Å². The van der Waals surface area contributed by atoms with Gasteiger partial charge in [0.15, 0.2) is 26.8 Å². The lowest BCUT2D eigenvalue weighted by molar-refractivity contribution is 0.111. The van der Waals surface area contributed by atoms with E-state index in [2.05, 4.69) is 4.98 Å². The van der Waals surface area contributed by atoms with Crippen LogP contribution in [-0.4, -0.2) is 30.3 Å². The van der Waals surface area contributed by atoms with Crippen molar-refractivity contribution in [1.82, 2.24) is 9.38 Å². The zero-order chi connectivity index (χ0) is 15.0. The molecule has 0 amide bonds. The van der Waals surface area contributed by atoms with Crippen LogP contribution >= 0.6 is 11.3 Å².